The van der Waals surface area contributed by atoms with Crippen LogP contribution in [0.15, 0.2) is 16.8 Å². The van der Waals surface area contributed by atoms with Gasteiger partial charge in [0.1, 0.15) is 0 Å². The molecule has 0 fully saturated rings. The van der Waals surface area contributed by atoms with Crippen LogP contribution >= 0.6 is 11.3 Å². The van der Waals surface area contributed by atoms with Crippen molar-refractivity contribution < 1.29 is 5.11 Å². The van der Waals surface area contributed by atoms with Crippen LogP contribution in [0.5, 0.6) is 0 Å². The van der Waals surface area contributed by atoms with E-state index in [1.807, 2.05) is 0 Å². The normalized spacial score (nSPS) is 14.2. The molecule has 1 unspecified atom stereocenters. The highest BCUT2D eigenvalue weighted by molar-refractivity contribution is 7.07. The Morgan fingerprint density at radius 3 is 2.41 bits per heavy atom. The molecule has 17 heavy (non-hydrogen) atoms. The summed E-state index contributed by atoms with van der Waals surface area (Å²) < 4.78 is 0. The maximum Gasteiger partial charge on any atom is 0.0726 e. The van der Waals surface area contributed by atoms with Crippen molar-refractivity contribution in [2.24, 2.45) is 0 Å². The van der Waals surface area contributed by atoms with E-state index in [1.54, 1.807) is 11.3 Å². The standard InChI is InChI=1S/C14H25NOS/c1-5-14(6-2,15(3)4)13(16)8-7-12-9-10-17-11-12/h9-11,13,16H,5-8H2,1-4H3. The van der Waals surface area contributed by atoms with Gasteiger partial charge in [-0.1, -0.05) is 13.8 Å². The van der Waals surface area contributed by atoms with Crippen molar-refractivity contribution in [3.8, 4) is 0 Å². The van der Waals surface area contributed by atoms with Crippen LogP contribution in [-0.4, -0.2) is 35.7 Å². The highest BCUT2D eigenvalue weighted by Gasteiger charge is 2.36. The van der Waals surface area contributed by atoms with Crippen molar-refractivity contribution >= 4 is 11.3 Å². The summed E-state index contributed by atoms with van der Waals surface area (Å²) in [5.74, 6) is 0. The molecule has 98 valence electrons. The molecule has 0 bridgehead atoms. The van der Waals surface area contributed by atoms with Crippen LogP contribution < -0.4 is 0 Å². The molecule has 0 aliphatic heterocycles. The summed E-state index contributed by atoms with van der Waals surface area (Å²) in [4.78, 5) is 2.19. The van der Waals surface area contributed by atoms with Crippen LogP contribution in [0.3, 0.4) is 0 Å². The van der Waals surface area contributed by atoms with Gasteiger partial charge in [0.2, 0.25) is 0 Å². The van der Waals surface area contributed by atoms with Crippen LogP contribution in [0.25, 0.3) is 0 Å². The molecule has 1 aromatic rings. The quantitative estimate of drug-likeness (QED) is 0.809. The van der Waals surface area contributed by atoms with Gasteiger partial charge in [0, 0.05) is 5.54 Å². The number of thiophene rings is 1. The Morgan fingerprint density at radius 2 is 2.00 bits per heavy atom. The van der Waals surface area contributed by atoms with Crippen molar-refractivity contribution in [1.29, 1.82) is 0 Å². The SMILES string of the molecule is CCC(CC)(C(O)CCc1ccsc1)N(C)C. The van der Waals surface area contributed by atoms with E-state index >= 15 is 0 Å². The molecule has 2 nitrogen and oxygen atoms in total. The Morgan fingerprint density at radius 1 is 1.35 bits per heavy atom. The van der Waals surface area contributed by atoms with Gasteiger partial charge in [-0.3, -0.25) is 0 Å². The number of aliphatic hydroxyl groups excluding tert-OH is 1. The van der Waals surface area contributed by atoms with E-state index in [-0.39, 0.29) is 11.6 Å². The lowest BCUT2D eigenvalue weighted by molar-refractivity contribution is -0.0173. The Hall–Kier alpha value is -0.380. The average Bonchev–Trinajstić information content (AvgIpc) is 2.81. The summed E-state index contributed by atoms with van der Waals surface area (Å²) in [6, 6.07) is 2.15. The minimum atomic E-state index is -0.257. The van der Waals surface area contributed by atoms with Crippen LogP contribution in [0.4, 0.5) is 0 Å². The fourth-order valence-electron chi connectivity index (χ4n) is 2.66. The third-order valence-electron chi connectivity index (χ3n) is 4.02. The van der Waals surface area contributed by atoms with E-state index in [0.717, 1.165) is 25.7 Å². The van der Waals surface area contributed by atoms with E-state index in [1.165, 1.54) is 5.56 Å². The minimum Gasteiger partial charge on any atom is -0.391 e. The topological polar surface area (TPSA) is 23.5 Å². The predicted molar refractivity (Wildman–Crippen MR) is 75.6 cm³/mol. The Balaban J connectivity index is 2.62. The first-order chi connectivity index (χ1) is 8.06. The fourth-order valence-corrected chi connectivity index (χ4v) is 3.36. The van der Waals surface area contributed by atoms with Gasteiger partial charge in [-0.25, -0.2) is 0 Å². The number of nitrogens with zero attached hydrogens (tertiary/aromatic N) is 1. The van der Waals surface area contributed by atoms with E-state index in [4.69, 9.17) is 0 Å². The first-order valence-electron chi connectivity index (χ1n) is 6.43. The van der Waals surface area contributed by atoms with Gasteiger partial charge in [0.15, 0.2) is 0 Å². The maximum atomic E-state index is 10.5. The summed E-state index contributed by atoms with van der Waals surface area (Å²) in [6.45, 7) is 4.33. The summed E-state index contributed by atoms with van der Waals surface area (Å²) >= 11 is 1.72. The van der Waals surface area contributed by atoms with Gasteiger partial charge >= 0.3 is 0 Å². The molecular formula is C14H25NOS. The average molecular weight is 255 g/mol. The largest absolute Gasteiger partial charge is 0.391 e. The van der Waals surface area contributed by atoms with Gasteiger partial charge < -0.3 is 10.0 Å². The number of hydrogen-bond donors (Lipinski definition) is 1. The zero-order valence-corrected chi connectivity index (χ0v) is 12.3. The minimum absolute atomic E-state index is 0.0734. The molecule has 0 aliphatic carbocycles. The first-order valence-corrected chi connectivity index (χ1v) is 7.37. The second-order valence-corrected chi connectivity index (χ2v) is 5.67. The van der Waals surface area contributed by atoms with E-state index in [2.05, 4.69) is 49.7 Å². The Kier molecular flexibility index (Phi) is 5.63. The number of aryl methyl sites for hydroxylation is 1. The highest BCUT2D eigenvalue weighted by atomic mass is 32.1. The third-order valence-corrected chi connectivity index (χ3v) is 4.75. The molecule has 0 radical (unpaired) electrons. The number of aliphatic hydroxyl groups is 1. The van der Waals surface area contributed by atoms with Gasteiger partial charge in [-0.15, -0.1) is 0 Å². The molecule has 0 aliphatic rings. The predicted octanol–water partition coefficient (Wildman–Crippen LogP) is 3.16. The van der Waals surface area contributed by atoms with Crippen molar-refractivity contribution in [2.75, 3.05) is 14.1 Å². The molecule has 1 rings (SSSR count). The smallest absolute Gasteiger partial charge is 0.0726 e. The number of likely N-dealkylation sites (N-methyl/N-ethyl adjacent to an activating group) is 1. The van der Waals surface area contributed by atoms with Crippen molar-refractivity contribution in [2.45, 2.75) is 51.2 Å². The lowest BCUT2D eigenvalue weighted by Crippen LogP contribution is -2.52. The second kappa shape index (κ2) is 6.53. The summed E-state index contributed by atoms with van der Waals surface area (Å²) in [5, 5.41) is 14.8. The summed E-state index contributed by atoms with van der Waals surface area (Å²) in [7, 11) is 4.14. The Labute approximate surface area is 109 Å². The molecule has 1 N–H and O–H groups in total. The van der Waals surface area contributed by atoms with Crippen LogP contribution in [0, 0.1) is 0 Å². The molecule has 0 aromatic carbocycles. The molecule has 1 heterocycles. The lowest BCUT2D eigenvalue weighted by Gasteiger charge is -2.42. The maximum absolute atomic E-state index is 10.5. The number of rotatable bonds is 7. The number of hydrogen-bond acceptors (Lipinski definition) is 3. The van der Waals surface area contributed by atoms with Crippen LogP contribution in [-0.2, 0) is 6.42 Å². The molecule has 1 aromatic heterocycles. The lowest BCUT2D eigenvalue weighted by atomic mass is 9.82. The first kappa shape index (κ1) is 14.7. The van der Waals surface area contributed by atoms with Crippen LogP contribution in [0.1, 0.15) is 38.7 Å². The summed E-state index contributed by atoms with van der Waals surface area (Å²) in [5.41, 5.74) is 1.27. The molecule has 0 saturated carbocycles. The fraction of sp³-hybridized carbons (Fsp3) is 0.714. The zero-order valence-electron chi connectivity index (χ0n) is 11.4. The molecule has 0 amide bonds. The molecular weight excluding hydrogens is 230 g/mol. The van der Waals surface area contributed by atoms with E-state index in [0.29, 0.717) is 0 Å². The van der Waals surface area contributed by atoms with E-state index in [9.17, 15) is 5.11 Å². The molecule has 0 saturated heterocycles. The van der Waals surface area contributed by atoms with Gasteiger partial charge in [-0.2, -0.15) is 11.3 Å². The van der Waals surface area contributed by atoms with Crippen molar-refractivity contribution in [3.63, 3.8) is 0 Å². The molecule has 0 spiro atoms. The summed E-state index contributed by atoms with van der Waals surface area (Å²) in [6.07, 6.45) is 3.53. The second-order valence-electron chi connectivity index (χ2n) is 4.89. The third kappa shape index (κ3) is 3.30. The Bertz CT molecular complexity index is 304. The van der Waals surface area contributed by atoms with Crippen molar-refractivity contribution in [1.82, 2.24) is 4.90 Å². The zero-order chi connectivity index (χ0) is 12.9. The van der Waals surface area contributed by atoms with Gasteiger partial charge in [-0.05, 0) is 62.2 Å². The van der Waals surface area contributed by atoms with Crippen molar-refractivity contribution in [3.05, 3.63) is 22.4 Å². The monoisotopic (exact) mass is 255 g/mol. The van der Waals surface area contributed by atoms with Gasteiger partial charge in [0.05, 0.1) is 6.10 Å². The van der Waals surface area contributed by atoms with E-state index < -0.39 is 0 Å². The van der Waals surface area contributed by atoms with Gasteiger partial charge in [0.25, 0.3) is 0 Å². The highest BCUT2D eigenvalue weighted by Crippen LogP contribution is 2.28. The van der Waals surface area contributed by atoms with Crippen LogP contribution in [0.2, 0.25) is 0 Å². The molecule has 1 atom stereocenters. The molecule has 3 heteroatoms.